The number of hydrogen-bond donors (Lipinski definition) is 2. The number of nitrogens with zero attached hydrogens (tertiary/aromatic N) is 5. The molecule has 0 radical (unpaired) electrons. The van der Waals surface area contributed by atoms with Crippen LogP contribution in [0.3, 0.4) is 0 Å². The number of anilines is 1. The van der Waals surface area contributed by atoms with Crippen LogP contribution in [0, 0.1) is 6.92 Å². The van der Waals surface area contributed by atoms with E-state index < -0.39 is 0 Å². The predicted molar refractivity (Wildman–Crippen MR) is 129 cm³/mol. The van der Waals surface area contributed by atoms with Crippen molar-refractivity contribution in [1.29, 1.82) is 0 Å². The van der Waals surface area contributed by atoms with Gasteiger partial charge in [-0.05, 0) is 25.0 Å². The fourth-order valence-corrected chi connectivity index (χ4v) is 3.48. The van der Waals surface area contributed by atoms with E-state index in [1.54, 1.807) is 12.4 Å². The molecule has 1 saturated heterocycles. The van der Waals surface area contributed by atoms with Gasteiger partial charge in [-0.2, -0.15) is 0 Å². The number of guanidine groups is 1. The van der Waals surface area contributed by atoms with Crippen molar-refractivity contribution >= 4 is 17.8 Å². The van der Waals surface area contributed by atoms with Crippen LogP contribution in [-0.4, -0.2) is 66.0 Å². The van der Waals surface area contributed by atoms with E-state index >= 15 is 0 Å². The monoisotopic (exact) mass is 437 g/mol. The maximum absolute atomic E-state index is 12.7. The first-order valence-corrected chi connectivity index (χ1v) is 11.5. The zero-order chi connectivity index (χ0) is 22.6. The summed E-state index contributed by atoms with van der Waals surface area (Å²) >= 11 is 0. The van der Waals surface area contributed by atoms with Crippen molar-refractivity contribution in [3.63, 3.8) is 0 Å². The van der Waals surface area contributed by atoms with Gasteiger partial charge in [-0.15, -0.1) is 0 Å². The molecule has 0 spiro atoms. The van der Waals surface area contributed by atoms with Crippen LogP contribution in [0.5, 0.6) is 0 Å². The van der Waals surface area contributed by atoms with E-state index in [-0.39, 0.29) is 5.91 Å². The molecular weight excluding hydrogens is 402 g/mol. The van der Waals surface area contributed by atoms with Gasteiger partial charge in [0.05, 0.1) is 6.54 Å². The number of rotatable bonds is 9. The highest BCUT2D eigenvalue weighted by atomic mass is 16.2. The van der Waals surface area contributed by atoms with Crippen molar-refractivity contribution in [2.24, 2.45) is 4.99 Å². The number of nitrogens with one attached hydrogen (secondary N) is 2. The van der Waals surface area contributed by atoms with Gasteiger partial charge in [0.1, 0.15) is 0 Å². The minimum atomic E-state index is 0.164. The molecule has 1 amide bonds. The normalized spacial score (nSPS) is 14.4. The summed E-state index contributed by atoms with van der Waals surface area (Å²) in [4.78, 5) is 30.0. The van der Waals surface area contributed by atoms with Gasteiger partial charge >= 0.3 is 0 Å². The van der Waals surface area contributed by atoms with Crippen molar-refractivity contribution in [2.75, 3.05) is 44.2 Å². The number of aryl methyl sites for hydroxylation is 1. The average Bonchev–Trinajstić information content (AvgIpc) is 2.84. The van der Waals surface area contributed by atoms with Gasteiger partial charge in [0.15, 0.2) is 5.96 Å². The smallest absolute Gasteiger partial charge is 0.225 e. The van der Waals surface area contributed by atoms with Crippen molar-refractivity contribution in [2.45, 2.75) is 39.7 Å². The predicted octanol–water partition coefficient (Wildman–Crippen LogP) is 2.36. The van der Waals surface area contributed by atoms with Crippen LogP contribution in [0.4, 0.5) is 5.95 Å². The molecule has 1 aliphatic heterocycles. The fraction of sp³-hybridized carbons (Fsp3) is 0.500. The van der Waals surface area contributed by atoms with Gasteiger partial charge in [-0.3, -0.25) is 4.79 Å². The Morgan fingerprint density at radius 3 is 2.41 bits per heavy atom. The Balaban J connectivity index is 1.44. The summed E-state index contributed by atoms with van der Waals surface area (Å²) in [6.07, 6.45) is 6.15. The Bertz CT molecular complexity index is 846. The summed E-state index contributed by atoms with van der Waals surface area (Å²) in [5, 5.41) is 6.70. The summed E-state index contributed by atoms with van der Waals surface area (Å²) in [6.45, 7) is 9.19. The van der Waals surface area contributed by atoms with E-state index in [0.717, 1.165) is 44.4 Å². The number of carbonyl (C=O) groups is 1. The number of unbranched alkanes of at least 4 members (excludes halogenated alkanes) is 1. The number of amides is 1. The average molecular weight is 438 g/mol. The topological polar surface area (TPSA) is 85.8 Å². The zero-order valence-corrected chi connectivity index (χ0v) is 19.3. The first kappa shape index (κ1) is 23.5. The summed E-state index contributed by atoms with van der Waals surface area (Å²) in [5.41, 5.74) is 2.41. The molecule has 1 aromatic heterocycles. The molecule has 2 N–H and O–H groups in total. The number of piperazine rings is 1. The fourth-order valence-electron chi connectivity index (χ4n) is 3.48. The van der Waals surface area contributed by atoms with Gasteiger partial charge in [0.25, 0.3) is 0 Å². The third kappa shape index (κ3) is 7.51. The van der Waals surface area contributed by atoms with Gasteiger partial charge in [0, 0.05) is 58.1 Å². The molecule has 2 aromatic rings. The van der Waals surface area contributed by atoms with E-state index in [4.69, 9.17) is 4.99 Å². The molecule has 2 heterocycles. The lowest BCUT2D eigenvalue weighted by Gasteiger charge is -2.34. The molecule has 1 fully saturated rings. The Labute approximate surface area is 191 Å². The summed E-state index contributed by atoms with van der Waals surface area (Å²) in [6, 6.07) is 10.2. The maximum Gasteiger partial charge on any atom is 0.225 e. The summed E-state index contributed by atoms with van der Waals surface area (Å²) in [5.74, 6) is 1.66. The minimum absolute atomic E-state index is 0.164. The lowest BCUT2D eigenvalue weighted by atomic mass is 10.1. The first-order chi connectivity index (χ1) is 15.7. The highest BCUT2D eigenvalue weighted by Crippen LogP contribution is 2.10. The van der Waals surface area contributed by atoms with E-state index in [2.05, 4.69) is 63.6 Å². The summed E-state index contributed by atoms with van der Waals surface area (Å²) < 4.78 is 0. The highest BCUT2D eigenvalue weighted by molar-refractivity contribution is 5.81. The van der Waals surface area contributed by atoms with Gasteiger partial charge in [-0.25, -0.2) is 15.0 Å². The molecule has 8 nitrogen and oxygen atoms in total. The number of benzene rings is 1. The van der Waals surface area contributed by atoms with Crippen molar-refractivity contribution in [3.05, 3.63) is 53.9 Å². The third-order valence-electron chi connectivity index (χ3n) is 5.46. The van der Waals surface area contributed by atoms with Crippen LogP contribution in [0.15, 0.2) is 47.7 Å². The molecule has 1 aromatic carbocycles. The van der Waals surface area contributed by atoms with Crippen LogP contribution in [0.2, 0.25) is 0 Å². The molecule has 0 atom stereocenters. The van der Waals surface area contributed by atoms with Crippen LogP contribution in [0.1, 0.15) is 37.3 Å². The van der Waals surface area contributed by atoms with Gasteiger partial charge in [-0.1, -0.05) is 43.2 Å². The quantitative estimate of drug-likeness (QED) is 0.356. The van der Waals surface area contributed by atoms with Crippen LogP contribution in [0.25, 0.3) is 0 Å². The lowest BCUT2D eigenvalue weighted by Crippen LogP contribution is -2.50. The van der Waals surface area contributed by atoms with Gasteiger partial charge < -0.3 is 20.4 Å². The molecule has 0 unspecified atom stereocenters. The van der Waals surface area contributed by atoms with E-state index in [1.807, 2.05) is 11.0 Å². The van der Waals surface area contributed by atoms with E-state index in [1.165, 1.54) is 11.1 Å². The number of hydrogen-bond acceptors (Lipinski definition) is 5. The number of aliphatic imine (C=N–C) groups is 1. The first-order valence-electron chi connectivity index (χ1n) is 11.5. The zero-order valence-electron chi connectivity index (χ0n) is 19.3. The lowest BCUT2D eigenvalue weighted by molar-refractivity contribution is -0.131. The molecule has 0 saturated carbocycles. The SMILES string of the molecule is CCCCNC(=NCc1ccc(C)cc1)NCCC(=O)N1CCN(c2ncccn2)CC1. The second-order valence-corrected chi connectivity index (χ2v) is 8.02. The second-order valence-electron chi connectivity index (χ2n) is 8.02. The molecule has 0 aliphatic carbocycles. The molecule has 1 aliphatic rings. The molecule has 0 bridgehead atoms. The number of aromatic nitrogens is 2. The van der Waals surface area contributed by atoms with Crippen LogP contribution in [-0.2, 0) is 11.3 Å². The van der Waals surface area contributed by atoms with Crippen LogP contribution >= 0.6 is 0 Å². The Hall–Kier alpha value is -3.16. The van der Waals surface area contributed by atoms with E-state index in [9.17, 15) is 4.79 Å². The molecule has 3 rings (SSSR count). The number of carbonyl (C=O) groups excluding carboxylic acids is 1. The standard InChI is InChI=1S/C24H35N7O/c1-3-4-11-25-23(29-19-21-8-6-20(2)7-9-21)26-14-10-22(32)30-15-17-31(18-16-30)24-27-12-5-13-28-24/h5-9,12-13H,3-4,10-11,14-19H2,1-2H3,(H2,25,26,29). The second kappa shape index (κ2) is 12.6. The minimum Gasteiger partial charge on any atom is -0.356 e. The Morgan fingerprint density at radius 2 is 1.72 bits per heavy atom. The highest BCUT2D eigenvalue weighted by Gasteiger charge is 2.22. The molecule has 32 heavy (non-hydrogen) atoms. The molecule has 8 heteroatoms. The summed E-state index contributed by atoms with van der Waals surface area (Å²) in [7, 11) is 0. The Kier molecular flexibility index (Phi) is 9.28. The van der Waals surface area contributed by atoms with E-state index in [0.29, 0.717) is 32.6 Å². The van der Waals surface area contributed by atoms with Crippen LogP contribution < -0.4 is 15.5 Å². The van der Waals surface area contributed by atoms with Crippen molar-refractivity contribution in [3.8, 4) is 0 Å². The third-order valence-corrected chi connectivity index (χ3v) is 5.46. The largest absolute Gasteiger partial charge is 0.356 e. The van der Waals surface area contributed by atoms with Crippen molar-refractivity contribution < 1.29 is 4.79 Å². The van der Waals surface area contributed by atoms with Crippen molar-refractivity contribution in [1.82, 2.24) is 25.5 Å². The Morgan fingerprint density at radius 1 is 1.03 bits per heavy atom. The molecule has 172 valence electrons. The molecular formula is C24H35N7O. The maximum atomic E-state index is 12.7. The van der Waals surface area contributed by atoms with Gasteiger partial charge in [0.2, 0.25) is 11.9 Å².